The number of aromatic nitrogens is 4. The van der Waals surface area contributed by atoms with Gasteiger partial charge in [0, 0.05) is 24.9 Å². The first-order chi connectivity index (χ1) is 14.2. The van der Waals surface area contributed by atoms with Gasteiger partial charge < -0.3 is 9.84 Å². The molecule has 152 valence electrons. The monoisotopic (exact) mass is 394 g/mol. The van der Waals surface area contributed by atoms with Crippen molar-refractivity contribution in [2.45, 2.75) is 38.1 Å². The van der Waals surface area contributed by atoms with Crippen LogP contribution in [0.15, 0.2) is 28.8 Å². The van der Waals surface area contributed by atoms with Crippen LogP contribution in [0.3, 0.4) is 0 Å². The number of piperidine rings is 1. The summed E-state index contributed by atoms with van der Waals surface area (Å²) < 4.78 is 7.15. The Morgan fingerprint density at radius 1 is 1.21 bits per heavy atom. The molecular weight excluding hydrogens is 368 g/mol. The number of carbonyl (C=O) groups excluding carboxylic acids is 1. The molecule has 3 aromatic rings. The summed E-state index contributed by atoms with van der Waals surface area (Å²) >= 11 is 0. The van der Waals surface area contributed by atoms with Crippen molar-refractivity contribution in [1.29, 1.82) is 0 Å². The van der Waals surface area contributed by atoms with Crippen molar-refractivity contribution in [3.05, 3.63) is 41.7 Å². The van der Waals surface area contributed by atoms with Crippen molar-refractivity contribution in [2.24, 2.45) is 13.0 Å². The highest BCUT2D eigenvalue weighted by Gasteiger charge is 2.29. The van der Waals surface area contributed by atoms with Gasteiger partial charge in [0.15, 0.2) is 11.5 Å². The van der Waals surface area contributed by atoms with Crippen molar-refractivity contribution in [3.8, 4) is 0 Å². The summed E-state index contributed by atoms with van der Waals surface area (Å²) in [6, 6.07) is 7.82. The maximum atomic E-state index is 12.7. The van der Waals surface area contributed by atoms with Crippen LogP contribution in [0.4, 0.5) is 0 Å². The van der Waals surface area contributed by atoms with Crippen LogP contribution in [0.25, 0.3) is 10.9 Å². The molecule has 3 heterocycles. The Hall–Kier alpha value is -2.74. The summed E-state index contributed by atoms with van der Waals surface area (Å²) in [7, 11) is 1.87. The van der Waals surface area contributed by atoms with Gasteiger partial charge in [-0.25, -0.2) is 0 Å². The van der Waals surface area contributed by atoms with Crippen LogP contribution in [-0.4, -0.2) is 50.4 Å². The van der Waals surface area contributed by atoms with Gasteiger partial charge in [0.1, 0.15) is 0 Å². The molecule has 0 atom stereocenters. The van der Waals surface area contributed by atoms with Gasteiger partial charge in [0.25, 0.3) is 5.91 Å². The Balaban J connectivity index is 1.11. The van der Waals surface area contributed by atoms with Crippen LogP contribution in [-0.2, 0) is 13.6 Å². The van der Waals surface area contributed by atoms with Gasteiger partial charge in [-0.05, 0) is 50.8 Å². The second-order valence-electron chi connectivity index (χ2n) is 8.24. The molecule has 8 heteroatoms. The normalized spacial score (nSPS) is 18.4. The standard InChI is InChI=1S/C21H26N6O2/c1-26-17-5-3-2-4-16(17)19(24-26)21(28)22-12-14-8-10-27(11-9-14)13-18-23-20(25-29-18)15-6-7-15/h2-5,14-15H,6-13H2,1H3,(H,22,28). The molecule has 2 aliphatic rings. The largest absolute Gasteiger partial charge is 0.350 e. The van der Waals surface area contributed by atoms with Crippen molar-refractivity contribution in [3.63, 3.8) is 0 Å². The van der Waals surface area contributed by atoms with Crippen LogP contribution >= 0.6 is 0 Å². The molecule has 29 heavy (non-hydrogen) atoms. The van der Waals surface area contributed by atoms with Gasteiger partial charge in [-0.15, -0.1) is 0 Å². The number of fused-ring (bicyclic) bond motifs is 1. The topological polar surface area (TPSA) is 89.1 Å². The van der Waals surface area contributed by atoms with Crippen molar-refractivity contribution >= 4 is 16.8 Å². The molecule has 1 aromatic carbocycles. The Bertz CT molecular complexity index is 1010. The van der Waals surface area contributed by atoms with Gasteiger partial charge in [-0.3, -0.25) is 14.4 Å². The third-order valence-corrected chi connectivity index (χ3v) is 6.02. The fourth-order valence-corrected chi connectivity index (χ4v) is 4.08. The molecule has 1 N–H and O–H groups in total. The molecule has 8 nitrogen and oxygen atoms in total. The first-order valence-corrected chi connectivity index (χ1v) is 10.4. The maximum absolute atomic E-state index is 12.7. The van der Waals surface area contributed by atoms with E-state index in [9.17, 15) is 4.79 Å². The summed E-state index contributed by atoms with van der Waals surface area (Å²) in [5.74, 6) is 2.51. The van der Waals surface area contributed by atoms with E-state index in [2.05, 4.69) is 25.5 Å². The van der Waals surface area contributed by atoms with E-state index in [4.69, 9.17) is 4.52 Å². The fraction of sp³-hybridized carbons (Fsp3) is 0.524. The van der Waals surface area contributed by atoms with Gasteiger partial charge in [-0.2, -0.15) is 10.1 Å². The van der Waals surface area contributed by atoms with Gasteiger partial charge in [0.2, 0.25) is 5.89 Å². The van der Waals surface area contributed by atoms with Gasteiger partial charge in [-0.1, -0.05) is 23.4 Å². The number of likely N-dealkylation sites (tertiary alicyclic amines) is 1. The van der Waals surface area contributed by atoms with E-state index in [0.717, 1.165) is 55.1 Å². The van der Waals surface area contributed by atoms with E-state index in [1.165, 1.54) is 12.8 Å². The summed E-state index contributed by atoms with van der Waals surface area (Å²) in [6.07, 6.45) is 4.47. The molecule has 1 aliphatic heterocycles. The number of rotatable bonds is 6. The number of nitrogens with zero attached hydrogens (tertiary/aromatic N) is 5. The zero-order valence-electron chi connectivity index (χ0n) is 16.7. The first-order valence-electron chi connectivity index (χ1n) is 10.4. The van der Waals surface area contributed by atoms with E-state index in [-0.39, 0.29) is 5.91 Å². The summed E-state index contributed by atoms with van der Waals surface area (Å²) in [5, 5.41) is 12.5. The smallest absolute Gasteiger partial charge is 0.272 e. The van der Waals surface area contributed by atoms with Gasteiger partial charge in [0.05, 0.1) is 12.1 Å². The molecule has 0 spiro atoms. The Morgan fingerprint density at radius 3 is 2.79 bits per heavy atom. The third kappa shape index (κ3) is 3.89. The van der Waals surface area contributed by atoms with E-state index < -0.39 is 0 Å². The van der Waals surface area contributed by atoms with E-state index in [1.807, 2.05) is 31.3 Å². The molecule has 0 bridgehead atoms. The minimum Gasteiger partial charge on any atom is -0.350 e. The average Bonchev–Trinajstić information content (AvgIpc) is 3.40. The SMILES string of the molecule is Cn1nc(C(=O)NCC2CCN(Cc3nc(C4CC4)no3)CC2)c2ccccc21. The molecule has 5 rings (SSSR count). The lowest BCUT2D eigenvalue weighted by atomic mass is 9.96. The lowest BCUT2D eigenvalue weighted by molar-refractivity contribution is 0.0929. The van der Waals surface area contributed by atoms with E-state index in [1.54, 1.807) is 4.68 Å². The number of para-hydroxylation sites is 1. The highest BCUT2D eigenvalue weighted by molar-refractivity contribution is 6.04. The Labute approximate surface area is 169 Å². The predicted octanol–water partition coefficient (Wildman–Crippen LogP) is 2.48. The third-order valence-electron chi connectivity index (χ3n) is 6.02. The number of aryl methyl sites for hydroxylation is 1. The molecule has 0 radical (unpaired) electrons. The lowest BCUT2D eigenvalue weighted by Crippen LogP contribution is -2.38. The van der Waals surface area contributed by atoms with Gasteiger partial charge >= 0.3 is 0 Å². The maximum Gasteiger partial charge on any atom is 0.272 e. The first kappa shape index (κ1) is 18.3. The zero-order chi connectivity index (χ0) is 19.8. The summed E-state index contributed by atoms with van der Waals surface area (Å²) in [5.41, 5.74) is 1.47. The minimum atomic E-state index is -0.0947. The number of amides is 1. The second-order valence-corrected chi connectivity index (χ2v) is 8.24. The van der Waals surface area contributed by atoms with Crippen LogP contribution in [0.1, 0.15) is 53.8 Å². The molecule has 1 amide bonds. The molecule has 0 unspecified atom stereocenters. The number of carbonyl (C=O) groups is 1. The van der Waals surface area contributed by atoms with Crippen molar-refractivity contribution in [2.75, 3.05) is 19.6 Å². The van der Waals surface area contributed by atoms with Crippen LogP contribution in [0, 0.1) is 5.92 Å². The van der Waals surface area contributed by atoms with Crippen molar-refractivity contribution in [1.82, 2.24) is 30.1 Å². The summed E-state index contributed by atoms with van der Waals surface area (Å²) in [4.78, 5) is 19.5. The number of hydrogen-bond donors (Lipinski definition) is 1. The highest BCUT2D eigenvalue weighted by atomic mass is 16.5. The van der Waals surface area contributed by atoms with E-state index >= 15 is 0 Å². The second kappa shape index (κ2) is 7.59. The van der Waals surface area contributed by atoms with Crippen LogP contribution in [0.5, 0.6) is 0 Å². The number of hydrogen-bond acceptors (Lipinski definition) is 6. The Kier molecular flexibility index (Phi) is 4.79. The molecule has 2 aromatic heterocycles. The molecule has 2 fully saturated rings. The Morgan fingerprint density at radius 2 is 2.00 bits per heavy atom. The van der Waals surface area contributed by atoms with Crippen LogP contribution < -0.4 is 5.32 Å². The van der Waals surface area contributed by atoms with E-state index in [0.29, 0.717) is 24.1 Å². The van der Waals surface area contributed by atoms with Crippen LogP contribution in [0.2, 0.25) is 0 Å². The lowest BCUT2D eigenvalue weighted by Gasteiger charge is -2.30. The molecule has 1 saturated carbocycles. The molecule has 1 aliphatic carbocycles. The quantitative estimate of drug-likeness (QED) is 0.691. The fourth-order valence-electron chi connectivity index (χ4n) is 4.08. The highest BCUT2D eigenvalue weighted by Crippen LogP contribution is 2.38. The molecular formula is C21H26N6O2. The predicted molar refractivity (Wildman–Crippen MR) is 107 cm³/mol. The summed E-state index contributed by atoms with van der Waals surface area (Å²) in [6.45, 7) is 3.37. The average molecular weight is 394 g/mol. The molecule has 1 saturated heterocycles. The minimum absolute atomic E-state index is 0.0947. The van der Waals surface area contributed by atoms with Crippen molar-refractivity contribution < 1.29 is 9.32 Å². The zero-order valence-corrected chi connectivity index (χ0v) is 16.7. The number of benzene rings is 1. The number of nitrogens with one attached hydrogen (secondary N) is 1.